The van der Waals surface area contributed by atoms with Crippen LogP contribution in [-0.4, -0.2) is 34.6 Å². The lowest BCUT2D eigenvalue weighted by Gasteiger charge is -2.32. The van der Waals surface area contributed by atoms with Crippen LogP contribution in [0.25, 0.3) is 0 Å². The molecule has 2 N–H and O–H groups in total. The summed E-state index contributed by atoms with van der Waals surface area (Å²) in [5, 5.41) is 0. The van der Waals surface area contributed by atoms with Gasteiger partial charge in [-0.1, -0.05) is 20.3 Å². The summed E-state index contributed by atoms with van der Waals surface area (Å²) < 4.78 is 2.07. The molecule has 98 valence electrons. The van der Waals surface area contributed by atoms with Gasteiger partial charge >= 0.3 is 0 Å². The molecule has 0 fully saturated rings. The van der Waals surface area contributed by atoms with E-state index in [1.807, 2.05) is 19.4 Å². The van der Waals surface area contributed by atoms with E-state index in [1.165, 1.54) is 12.8 Å². The fourth-order valence-corrected chi connectivity index (χ4v) is 2.35. The van der Waals surface area contributed by atoms with Gasteiger partial charge in [-0.05, 0) is 25.4 Å². The molecule has 0 saturated heterocycles. The number of imidazole rings is 1. The Bertz CT molecular complexity index is 334. The number of aromatic nitrogens is 2. The number of nitrogens with zero attached hydrogens (tertiary/aromatic N) is 3. The van der Waals surface area contributed by atoms with Crippen molar-refractivity contribution in [2.75, 3.05) is 20.1 Å². The van der Waals surface area contributed by atoms with Gasteiger partial charge in [-0.15, -0.1) is 0 Å². The molecule has 4 heteroatoms. The van der Waals surface area contributed by atoms with Crippen LogP contribution in [0.1, 0.15) is 32.5 Å². The molecule has 1 atom stereocenters. The van der Waals surface area contributed by atoms with Gasteiger partial charge in [-0.3, -0.25) is 4.90 Å². The SMILES string of the molecule is CCCC(C)(CN)CN(C)Cc1nccn1C. The fraction of sp³-hybridized carbons (Fsp3) is 0.769. The van der Waals surface area contributed by atoms with Gasteiger partial charge in [-0.2, -0.15) is 0 Å². The second kappa shape index (κ2) is 6.17. The highest BCUT2D eigenvalue weighted by Gasteiger charge is 2.23. The average Bonchev–Trinajstić information content (AvgIpc) is 2.64. The first-order valence-corrected chi connectivity index (χ1v) is 6.35. The molecule has 0 spiro atoms. The van der Waals surface area contributed by atoms with Crippen LogP contribution in [0.2, 0.25) is 0 Å². The first-order valence-electron chi connectivity index (χ1n) is 6.35. The van der Waals surface area contributed by atoms with Crippen LogP contribution in [-0.2, 0) is 13.6 Å². The molecule has 0 aromatic carbocycles. The Labute approximate surface area is 105 Å². The van der Waals surface area contributed by atoms with E-state index in [-0.39, 0.29) is 5.41 Å². The largest absolute Gasteiger partial charge is 0.337 e. The maximum atomic E-state index is 5.90. The van der Waals surface area contributed by atoms with Crippen molar-refractivity contribution in [3.05, 3.63) is 18.2 Å². The number of hydrogen-bond donors (Lipinski definition) is 1. The lowest BCUT2D eigenvalue weighted by atomic mass is 9.85. The molecule has 4 nitrogen and oxygen atoms in total. The Hall–Kier alpha value is -0.870. The summed E-state index contributed by atoms with van der Waals surface area (Å²) >= 11 is 0. The van der Waals surface area contributed by atoms with Gasteiger partial charge in [0.1, 0.15) is 5.82 Å². The molecular formula is C13H26N4. The Morgan fingerprint density at radius 1 is 1.53 bits per heavy atom. The topological polar surface area (TPSA) is 47.1 Å². The molecule has 17 heavy (non-hydrogen) atoms. The van der Waals surface area contributed by atoms with Crippen LogP contribution in [0.4, 0.5) is 0 Å². The Morgan fingerprint density at radius 3 is 2.71 bits per heavy atom. The monoisotopic (exact) mass is 238 g/mol. The van der Waals surface area contributed by atoms with Crippen molar-refractivity contribution in [3.8, 4) is 0 Å². The molecule has 1 heterocycles. The number of hydrogen-bond acceptors (Lipinski definition) is 3. The van der Waals surface area contributed by atoms with Crippen molar-refractivity contribution >= 4 is 0 Å². The maximum Gasteiger partial charge on any atom is 0.122 e. The minimum absolute atomic E-state index is 0.217. The van der Waals surface area contributed by atoms with Crippen molar-refractivity contribution in [2.45, 2.75) is 33.2 Å². The van der Waals surface area contributed by atoms with Crippen LogP contribution in [0.15, 0.2) is 12.4 Å². The van der Waals surface area contributed by atoms with Crippen LogP contribution < -0.4 is 5.73 Å². The standard InChI is InChI=1S/C13H26N4/c1-5-6-13(2,10-14)11-16(3)9-12-15-7-8-17(12)4/h7-8H,5-6,9-11,14H2,1-4H3. The summed E-state index contributed by atoms with van der Waals surface area (Å²) in [7, 11) is 4.17. The molecule has 0 aliphatic rings. The molecular weight excluding hydrogens is 212 g/mol. The van der Waals surface area contributed by atoms with Gasteiger partial charge in [0.25, 0.3) is 0 Å². The first kappa shape index (κ1) is 14.2. The van der Waals surface area contributed by atoms with Gasteiger partial charge in [0.05, 0.1) is 6.54 Å². The van der Waals surface area contributed by atoms with Gasteiger partial charge in [0, 0.05) is 26.0 Å². The van der Waals surface area contributed by atoms with E-state index in [2.05, 4.69) is 35.3 Å². The van der Waals surface area contributed by atoms with Crippen LogP contribution in [0.5, 0.6) is 0 Å². The summed E-state index contributed by atoms with van der Waals surface area (Å²) in [6.07, 6.45) is 6.19. The van der Waals surface area contributed by atoms with Crippen molar-refractivity contribution < 1.29 is 0 Å². The highest BCUT2D eigenvalue weighted by molar-refractivity contribution is 4.91. The quantitative estimate of drug-likeness (QED) is 0.785. The van der Waals surface area contributed by atoms with Gasteiger partial charge < -0.3 is 10.3 Å². The molecule has 0 aliphatic heterocycles. The zero-order chi connectivity index (χ0) is 12.9. The lowest BCUT2D eigenvalue weighted by Crippen LogP contribution is -2.39. The smallest absolute Gasteiger partial charge is 0.122 e. The van der Waals surface area contributed by atoms with Crippen LogP contribution in [0.3, 0.4) is 0 Å². The van der Waals surface area contributed by atoms with Crippen molar-refractivity contribution in [3.63, 3.8) is 0 Å². The third-order valence-electron chi connectivity index (χ3n) is 3.33. The normalized spacial score (nSPS) is 15.2. The third kappa shape index (κ3) is 4.13. The van der Waals surface area contributed by atoms with E-state index in [4.69, 9.17) is 5.73 Å². The van der Waals surface area contributed by atoms with E-state index < -0.39 is 0 Å². The molecule has 1 unspecified atom stereocenters. The molecule has 0 bridgehead atoms. The number of aryl methyl sites for hydroxylation is 1. The summed E-state index contributed by atoms with van der Waals surface area (Å²) in [5.74, 6) is 1.10. The van der Waals surface area contributed by atoms with Crippen LogP contribution >= 0.6 is 0 Å². The molecule has 0 aliphatic carbocycles. The fourth-order valence-electron chi connectivity index (χ4n) is 2.35. The van der Waals surface area contributed by atoms with Gasteiger partial charge in [0.15, 0.2) is 0 Å². The third-order valence-corrected chi connectivity index (χ3v) is 3.33. The zero-order valence-electron chi connectivity index (χ0n) is 11.6. The highest BCUT2D eigenvalue weighted by Crippen LogP contribution is 2.23. The first-order chi connectivity index (χ1) is 8.00. The average molecular weight is 238 g/mol. The van der Waals surface area contributed by atoms with Crippen molar-refractivity contribution in [2.24, 2.45) is 18.2 Å². The highest BCUT2D eigenvalue weighted by atomic mass is 15.2. The van der Waals surface area contributed by atoms with E-state index in [0.29, 0.717) is 0 Å². The summed E-state index contributed by atoms with van der Waals surface area (Å²) in [6, 6.07) is 0. The predicted molar refractivity (Wildman–Crippen MR) is 71.6 cm³/mol. The Morgan fingerprint density at radius 2 is 2.24 bits per heavy atom. The molecule has 1 aromatic heterocycles. The molecule has 0 saturated carbocycles. The summed E-state index contributed by atoms with van der Waals surface area (Å²) in [4.78, 5) is 6.66. The molecule has 0 radical (unpaired) electrons. The van der Waals surface area contributed by atoms with Crippen molar-refractivity contribution in [1.29, 1.82) is 0 Å². The predicted octanol–water partition coefficient (Wildman–Crippen LogP) is 1.62. The lowest BCUT2D eigenvalue weighted by molar-refractivity contribution is 0.176. The Kier molecular flexibility index (Phi) is 5.15. The van der Waals surface area contributed by atoms with Crippen LogP contribution in [0, 0.1) is 5.41 Å². The second-order valence-electron chi connectivity index (χ2n) is 5.39. The zero-order valence-corrected chi connectivity index (χ0v) is 11.6. The minimum Gasteiger partial charge on any atom is -0.337 e. The minimum atomic E-state index is 0.217. The van der Waals surface area contributed by atoms with E-state index in [1.54, 1.807) is 0 Å². The van der Waals surface area contributed by atoms with E-state index in [0.717, 1.165) is 25.5 Å². The number of nitrogens with two attached hydrogens (primary N) is 1. The van der Waals surface area contributed by atoms with E-state index >= 15 is 0 Å². The molecule has 1 rings (SSSR count). The second-order valence-corrected chi connectivity index (χ2v) is 5.39. The van der Waals surface area contributed by atoms with E-state index in [9.17, 15) is 0 Å². The summed E-state index contributed by atoms with van der Waals surface area (Å²) in [5.41, 5.74) is 6.11. The Balaban J connectivity index is 2.53. The van der Waals surface area contributed by atoms with Crippen molar-refractivity contribution in [1.82, 2.24) is 14.5 Å². The maximum absolute atomic E-state index is 5.90. The molecule has 0 amide bonds. The van der Waals surface area contributed by atoms with Gasteiger partial charge in [0.2, 0.25) is 0 Å². The summed E-state index contributed by atoms with van der Waals surface area (Å²) in [6.45, 7) is 7.12. The molecule has 1 aromatic rings. The van der Waals surface area contributed by atoms with Gasteiger partial charge in [-0.25, -0.2) is 4.98 Å². The number of rotatable bonds is 7.